The molecule has 0 unspecified atom stereocenters. The number of likely N-dealkylation sites (tertiary alicyclic amines) is 1. The molecular formula is C8H14N2O. The van der Waals surface area contributed by atoms with Crippen molar-refractivity contribution in [1.29, 1.82) is 5.41 Å². The largest absolute Gasteiger partial charge is 0.342 e. The van der Waals surface area contributed by atoms with Gasteiger partial charge in [-0.05, 0) is 19.3 Å². The van der Waals surface area contributed by atoms with E-state index in [-0.39, 0.29) is 12.3 Å². The Bertz CT molecular complexity index is 150. The number of hydrogen-bond donors (Lipinski definition) is 1. The van der Waals surface area contributed by atoms with Gasteiger partial charge in [-0.1, -0.05) is 0 Å². The van der Waals surface area contributed by atoms with E-state index in [1.54, 1.807) is 0 Å². The first-order chi connectivity index (χ1) is 5.34. The Labute approximate surface area is 66.9 Å². The quantitative estimate of drug-likeness (QED) is 0.593. The molecule has 3 heteroatoms. The Hall–Kier alpha value is -0.860. The van der Waals surface area contributed by atoms with Crippen LogP contribution in [0.5, 0.6) is 0 Å². The third-order valence-corrected chi connectivity index (χ3v) is 1.99. The maximum atomic E-state index is 11.2. The van der Waals surface area contributed by atoms with Crippen LogP contribution in [0.15, 0.2) is 0 Å². The Morgan fingerprint density at radius 3 is 2.55 bits per heavy atom. The molecule has 0 bridgehead atoms. The second kappa shape index (κ2) is 4.11. The van der Waals surface area contributed by atoms with Crippen molar-refractivity contribution in [2.24, 2.45) is 0 Å². The molecule has 1 amide bonds. The molecule has 0 aromatic carbocycles. The number of carbonyl (C=O) groups is 1. The summed E-state index contributed by atoms with van der Waals surface area (Å²) in [4.78, 5) is 13.0. The molecule has 0 spiro atoms. The van der Waals surface area contributed by atoms with Crippen molar-refractivity contribution in [2.45, 2.75) is 25.7 Å². The van der Waals surface area contributed by atoms with Gasteiger partial charge in [0.2, 0.25) is 5.91 Å². The normalized spacial score (nSPS) is 18.0. The molecule has 0 saturated carbocycles. The fraction of sp³-hybridized carbons (Fsp3) is 0.750. The first-order valence-corrected chi connectivity index (χ1v) is 4.11. The molecule has 0 atom stereocenters. The third-order valence-electron chi connectivity index (χ3n) is 1.99. The van der Waals surface area contributed by atoms with Gasteiger partial charge >= 0.3 is 0 Å². The minimum atomic E-state index is 0.111. The van der Waals surface area contributed by atoms with Crippen LogP contribution in [-0.2, 0) is 4.79 Å². The predicted octanol–water partition coefficient (Wildman–Crippen LogP) is 1.04. The molecule has 0 radical (unpaired) electrons. The smallest absolute Gasteiger partial charge is 0.227 e. The number of nitrogens with one attached hydrogen (secondary N) is 1. The summed E-state index contributed by atoms with van der Waals surface area (Å²) in [6, 6.07) is 0. The van der Waals surface area contributed by atoms with Crippen LogP contribution in [0.2, 0.25) is 0 Å². The first kappa shape index (κ1) is 8.24. The van der Waals surface area contributed by atoms with Crippen LogP contribution in [0.4, 0.5) is 0 Å². The van der Waals surface area contributed by atoms with Crippen molar-refractivity contribution < 1.29 is 4.79 Å². The van der Waals surface area contributed by atoms with E-state index in [9.17, 15) is 4.79 Å². The van der Waals surface area contributed by atoms with Crippen molar-refractivity contribution in [3.05, 3.63) is 0 Å². The highest BCUT2D eigenvalue weighted by Gasteiger charge is 2.14. The van der Waals surface area contributed by atoms with E-state index in [2.05, 4.69) is 0 Å². The van der Waals surface area contributed by atoms with Gasteiger partial charge in [-0.2, -0.15) is 0 Å². The van der Waals surface area contributed by atoms with Crippen LogP contribution in [0, 0.1) is 5.41 Å². The van der Waals surface area contributed by atoms with Gasteiger partial charge in [-0.15, -0.1) is 0 Å². The van der Waals surface area contributed by atoms with E-state index in [1.165, 1.54) is 12.6 Å². The maximum Gasteiger partial charge on any atom is 0.227 e. The highest BCUT2D eigenvalue weighted by Crippen LogP contribution is 2.08. The summed E-state index contributed by atoms with van der Waals surface area (Å²) < 4.78 is 0. The minimum absolute atomic E-state index is 0.111. The van der Waals surface area contributed by atoms with Crippen LogP contribution in [0.25, 0.3) is 0 Å². The summed E-state index contributed by atoms with van der Waals surface area (Å²) in [7, 11) is 0. The summed E-state index contributed by atoms with van der Waals surface area (Å²) in [5.74, 6) is 0.111. The molecule has 0 aromatic rings. The van der Waals surface area contributed by atoms with E-state index >= 15 is 0 Å². The molecule has 3 nitrogen and oxygen atoms in total. The van der Waals surface area contributed by atoms with E-state index < -0.39 is 0 Å². The molecule has 1 N–H and O–H groups in total. The third kappa shape index (κ3) is 2.33. The van der Waals surface area contributed by atoms with Crippen LogP contribution >= 0.6 is 0 Å². The van der Waals surface area contributed by atoms with Crippen molar-refractivity contribution in [1.82, 2.24) is 4.90 Å². The lowest BCUT2D eigenvalue weighted by atomic mass is 10.1. The maximum absolute atomic E-state index is 11.2. The number of hydrogen-bond acceptors (Lipinski definition) is 2. The molecular weight excluding hydrogens is 140 g/mol. The van der Waals surface area contributed by atoms with Gasteiger partial charge in [-0.25, -0.2) is 0 Å². The zero-order valence-corrected chi connectivity index (χ0v) is 6.68. The van der Waals surface area contributed by atoms with Crippen LogP contribution < -0.4 is 0 Å². The first-order valence-electron chi connectivity index (χ1n) is 4.11. The van der Waals surface area contributed by atoms with Crippen LogP contribution in [0.1, 0.15) is 25.7 Å². The molecule has 0 aromatic heterocycles. The molecule has 1 aliphatic heterocycles. The van der Waals surface area contributed by atoms with Gasteiger partial charge in [-0.3, -0.25) is 4.79 Å². The topological polar surface area (TPSA) is 44.2 Å². The molecule has 1 rings (SSSR count). The molecule has 11 heavy (non-hydrogen) atoms. The van der Waals surface area contributed by atoms with Gasteiger partial charge in [0.15, 0.2) is 0 Å². The highest BCUT2D eigenvalue weighted by atomic mass is 16.2. The van der Waals surface area contributed by atoms with Gasteiger partial charge in [0.05, 0.1) is 6.42 Å². The van der Waals surface area contributed by atoms with Crippen LogP contribution in [-0.4, -0.2) is 30.1 Å². The Kier molecular flexibility index (Phi) is 3.08. The molecule has 1 aliphatic rings. The van der Waals surface area contributed by atoms with Crippen molar-refractivity contribution in [3.63, 3.8) is 0 Å². The van der Waals surface area contributed by atoms with E-state index in [0.717, 1.165) is 25.9 Å². The molecule has 62 valence electrons. The van der Waals surface area contributed by atoms with Gasteiger partial charge in [0, 0.05) is 19.3 Å². The van der Waals surface area contributed by atoms with E-state index in [4.69, 9.17) is 5.41 Å². The number of piperidine rings is 1. The van der Waals surface area contributed by atoms with Gasteiger partial charge in [0.25, 0.3) is 0 Å². The van der Waals surface area contributed by atoms with Crippen molar-refractivity contribution >= 4 is 12.1 Å². The summed E-state index contributed by atoms with van der Waals surface area (Å²) in [6.07, 6.45) is 4.96. The zero-order valence-electron chi connectivity index (χ0n) is 6.68. The summed E-state index contributed by atoms with van der Waals surface area (Å²) in [6.45, 7) is 1.79. The van der Waals surface area contributed by atoms with Crippen molar-refractivity contribution in [2.75, 3.05) is 13.1 Å². The number of rotatable bonds is 2. The standard InChI is InChI=1S/C8H14N2O/c9-5-4-8(11)10-6-2-1-3-7-10/h5,9H,1-4,6-7H2. The fourth-order valence-electron chi connectivity index (χ4n) is 1.36. The average molecular weight is 154 g/mol. The number of carbonyl (C=O) groups excluding carboxylic acids is 1. The number of amides is 1. The minimum Gasteiger partial charge on any atom is -0.342 e. The zero-order chi connectivity index (χ0) is 8.10. The summed E-state index contributed by atoms with van der Waals surface area (Å²) in [5.41, 5.74) is 0. The fourth-order valence-corrected chi connectivity index (χ4v) is 1.36. The number of nitrogens with zero attached hydrogens (tertiary/aromatic N) is 1. The molecule has 0 aliphatic carbocycles. The Balaban J connectivity index is 2.32. The second-order valence-electron chi connectivity index (χ2n) is 2.85. The SMILES string of the molecule is N=CCC(=O)N1CCCCC1. The monoisotopic (exact) mass is 154 g/mol. The van der Waals surface area contributed by atoms with Gasteiger partial charge in [0.1, 0.15) is 0 Å². The molecule has 1 saturated heterocycles. The van der Waals surface area contributed by atoms with Crippen molar-refractivity contribution in [3.8, 4) is 0 Å². The molecule has 1 fully saturated rings. The predicted molar refractivity (Wildman–Crippen MR) is 43.8 cm³/mol. The Morgan fingerprint density at radius 1 is 1.36 bits per heavy atom. The summed E-state index contributed by atoms with van der Waals surface area (Å²) >= 11 is 0. The lowest BCUT2D eigenvalue weighted by Gasteiger charge is -2.26. The van der Waals surface area contributed by atoms with E-state index in [0.29, 0.717) is 0 Å². The van der Waals surface area contributed by atoms with E-state index in [1.807, 2.05) is 4.90 Å². The summed E-state index contributed by atoms with van der Waals surface area (Å²) in [5, 5.41) is 6.78. The highest BCUT2D eigenvalue weighted by molar-refractivity contribution is 5.88. The average Bonchev–Trinajstić information content (AvgIpc) is 2.07. The Morgan fingerprint density at radius 2 is 2.00 bits per heavy atom. The van der Waals surface area contributed by atoms with Gasteiger partial charge < -0.3 is 10.3 Å². The lowest BCUT2D eigenvalue weighted by molar-refractivity contribution is -0.130. The van der Waals surface area contributed by atoms with Crippen LogP contribution in [0.3, 0.4) is 0 Å². The second-order valence-corrected chi connectivity index (χ2v) is 2.85. The molecule has 1 heterocycles. The lowest BCUT2D eigenvalue weighted by Crippen LogP contribution is -2.35.